The van der Waals surface area contributed by atoms with E-state index < -0.39 is 5.97 Å². The van der Waals surface area contributed by atoms with Crippen LogP contribution in [0.5, 0.6) is 0 Å². The minimum Gasteiger partial charge on any atom is -0.481 e. The number of carboxylic acid groups (broad SMARTS) is 1. The van der Waals surface area contributed by atoms with E-state index in [1.54, 1.807) is 0 Å². The number of hydrogen-bond acceptors (Lipinski definition) is 4. The van der Waals surface area contributed by atoms with Gasteiger partial charge in [-0.2, -0.15) is 0 Å². The van der Waals surface area contributed by atoms with Gasteiger partial charge >= 0.3 is 5.97 Å². The minimum absolute atomic E-state index is 0.00102. The summed E-state index contributed by atoms with van der Waals surface area (Å²) in [6, 6.07) is -0.00102. The average molecular weight is 270 g/mol. The lowest BCUT2D eigenvalue weighted by Gasteiger charge is -2.28. The van der Waals surface area contributed by atoms with Crippen molar-refractivity contribution >= 4 is 11.9 Å². The van der Waals surface area contributed by atoms with Crippen LogP contribution in [0.4, 0.5) is 0 Å². The molecule has 0 aromatic heterocycles. The van der Waals surface area contributed by atoms with Gasteiger partial charge in [0.25, 0.3) is 0 Å². The highest BCUT2D eigenvalue weighted by Gasteiger charge is 2.28. The van der Waals surface area contributed by atoms with E-state index in [9.17, 15) is 9.59 Å². The zero-order valence-corrected chi connectivity index (χ0v) is 11.1. The molecule has 0 spiro atoms. The Hall–Kier alpha value is -1.14. The molecule has 0 aromatic rings. The molecule has 0 bridgehead atoms. The van der Waals surface area contributed by atoms with Gasteiger partial charge in [0.1, 0.15) is 0 Å². The number of amides is 1. The summed E-state index contributed by atoms with van der Waals surface area (Å²) in [5.41, 5.74) is 0. The number of nitrogens with one attached hydrogen (secondary N) is 2. The molecule has 6 heteroatoms. The molecule has 2 aliphatic rings. The quantitative estimate of drug-likeness (QED) is 0.675. The zero-order valence-electron chi connectivity index (χ0n) is 11.1. The maximum Gasteiger partial charge on any atom is 0.306 e. The number of carbonyl (C=O) groups excluding carboxylic acids is 1. The predicted octanol–water partition coefficient (Wildman–Crippen LogP) is 0.125. The van der Waals surface area contributed by atoms with Crippen molar-refractivity contribution in [3.63, 3.8) is 0 Å². The van der Waals surface area contributed by atoms with Crippen molar-refractivity contribution in [2.75, 3.05) is 19.7 Å². The van der Waals surface area contributed by atoms with Gasteiger partial charge in [-0.05, 0) is 19.3 Å². The van der Waals surface area contributed by atoms with Crippen molar-refractivity contribution in [3.8, 4) is 0 Å². The monoisotopic (exact) mass is 270 g/mol. The van der Waals surface area contributed by atoms with Crippen LogP contribution in [0.25, 0.3) is 0 Å². The molecule has 3 atom stereocenters. The third-order valence-corrected chi connectivity index (χ3v) is 3.81. The molecule has 3 N–H and O–H groups in total. The fourth-order valence-corrected chi connectivity index (χ4v) is 2.79. The third-order valence-electron chi connectivity index (χ3n) is 3.81. The van der Waals surface area contributed by atoms with E-state index in [2.05, 4.69) is 10.6 Å². The smallest absolute Gasteiger partial charge is 0.306 e. The predicted molar refractivity (Wildman–Crippen MR) is 68.8 cm³/mol. The van der Waals surface area contributed by atoms with E-state index in [4.69, 9.17) is 9.84 Å². The Morgan fingerprint density at radius 3 is 2.89 bits per heavy atom. The van der Waals surface area contributed by atoms with Crippen LogP contribution in [0.2, 0.25) is 0 Å². The molecule has 1 aliphatic heterocycles. The van der Waals surface area contributed by atoms with Gasteiger partial charge in [0.15, 0.2) is 0 Å². The Kier molecular flexibility index (Phi) is 5.15. The van der Waals surface area contributed by atoms with Gasteiger partial charge in [-0.15, -0.1) is 0 Å². The Balaban J connectivity index is 1.73. The number of rotatable bonds is 4. The van der Waals surface area contributed by atoms with Crippen molar-refractivity contribution in [2.45, 2.75) is 44.2 Å². The summed E-state index contributed by atoms with van der Waals surface area (Å²) < 4.78 is 5.48. The largest absolute Gasteiger partial charge is 0.481 e. The first kappa shape index (κ1) is 14.3. The zero-order chi connectivity index (χ0) is 13.7. The summed E-state index contributed by atoms with van der Waals surface area (Å²) in [5, 5.41) is 15.1. The van der Waals surface area contributed by atoms with Crippen LogP contribution in [0.1, 0.15) is 32.1 Å². The molecule has 1 saturated heterocycles. The molecular formula is C13H22N2O4. The summed E-state index contributed by atoms with van der Waals surface area (Å²) in [4.78, 5) is 22.9. The molecular weight excluding hydrogens is 248 g/mol. The van der Waals surface area contributed by atoms with E-state index in [0.29, 0.717) is 26.0 Å². The van der Waals surface area contributed by atoms with Gasteiger partial charge in [-0.25, -0.2) is 0 Å². The normalized spacial score (nSPS) is 31.7. The van der Waals surface area contributed by atoms with Gasteiger partial charge in [-0.3, -0.25) is 9.59 Å². The van der Waals surface area contributed by atoms with Crippen LogP contribution in [0, 0.1) is 5.92 Å². The van der Waals surface area contributed by atoms with E-state index in [1.807, 2.05) is 0 Å². The number of carboxylic acids is 1. The van der Waals surface area contributed by atoms with Crippen LogP contribution in [0.3, 0.4) is 0 Å². The second-order valence-corrected chi connectivity index (χ2v) is 5.37. The Morgan fingerprint density at radius 2 is 2.21 bits per heavy atom. The summed E-state index contributed by atoms with van der Waals surface area (Å²) in [6.07, 6.45) is 3.29. The van der Waals surface area contributed by atoms with E-state index in [-0.39, 0.29) is 24.0 Å². The number of hydrogen-bond donors (Lipinski definition) is 3. The lowest BCUT2D eigenvalue weighted by molar-refractivity contribution is -0.143. The van der Waals surface area contributed by atoms with Crippen molar-refractivity contribution in [1.29, 1.82) is 0 Å². The maximum absolute atomic E-state index is 11.9. The molecule has 108 valence electrons. The van der Waals surface area contributed by atoms with Crippen molar-refractivity contribution in [2.24, 2.45) is 5.92 Å². The Bertz CT molecular complexity index is 329. The highest BCUT2D eigenvalue weighted by molar-refractivity contribution is 5.77. The molecule has 1 saturated carbocycles. The van der Waals surface area contributed by atoms with Gasteiger partial charge in [0, 0.05) is 19.1 Å². The standard InChI is InChI=1S/C13H22N2O4/c16-12(7-11-8-14-4-5-19-11)15-10-3-1-2-9(6-10)13(17)18/h9-11,14H,1-8H2,(H,15,16)(H,17,18). The molecule has 1 heterocycles. The Labute approximate surface area is 112 Å². The molecule has 0 aromatic carbocycles. The number of ether oxygens (including phenoxy) is 1. The van der Waals surface area contributed by atoms with Gasteiger partial charge in [0.05, 0.1) is 25.0 Å². The van der Waals surface area contributed by atoms with Crippen LogP contribution in [-0.4, -0.2) is 48.8 Å². The summed E-state index contributed by atoms with van der Waals surface area (Å²) in [6.45, 7) is 2.18. The molecule has 1 amide bonds. The average Bonchev–Trinajstić information content (AvgIpc) is 2.40. The minimum atomic E-state index is -0.751. The van der Waals surface area contributed by atoms with Gasteiger partial charge < -0.3 is 20.5 Å². The summed E-state index contributed by atoms with van der Waals surface area (Å²) in [7, 11) is 0. The molecule has 2 rings (SSSR count). The summed E-state index contributed by atoms with van der Waals surface area (Å²) in [5.74, 6) is -1.10. The number of morpholine rings is 1. The third kappa shape index (κ3) is 4.47. The van der Waals surface area contributed by atoms with E-state index in [1.165, 1.54) is 0 Å². The molecule has 6 nitrogen and oxygen atoms in total. The maximum atomic E-state index is 11.9. The molecule has 3 unspecified atom stereocenters. The Morgan fingerprint density at radius 1 is 1.37 bits per heavy atom. The van der Waals surface area contributed by atoms with Gasteiger partial charge in [0.2, 0.25) is 5.91 Å². The first-order chi connectivity index (χ1) is 9.15. The van der Waals surface area contributed by atoms with E-state index >= 15 is 0 Å². The number of aliphatic carboxylic acids is 1. The highest BCUT2D eigenvalue weighted by Crippen LogP contribution is 2.24. The first-order valence-electron chi connectivity index (χ1n) is 6.99. The summed E-state index contributed by atoms with van der Waals surface area (Å²) >= 11 is 0. The van der Waals surface area contributed by atoms with Crippen LogP contribution in [0.15, 0.2) is 0 Å². The van der Waals surface area contributed by atoms with Crippen molar-refractivity contribution in [3.05, 3.63) is 0 Å². The first-order valence-corrected chi connectivity index (χ1v) is 6.99. The van der Waals surface area contributed by atoms with Gasteiger partial charge in [-0.1, -0.05) is 6.42 Å². The fraction of sp³-hybridized carbons (Fsp3) is 0.846. The van der Waals surface area contributed by atoms with Crippen LogP contribution in [-0.2, 0) is 14.3 Å². The van der Waals surface area contributed by atoms with E-state index in [0.717, 1.165) is 25.8 Å². The molecule has 19 heavy (non-hydrogen) atoms. The lowest BCUT2D eigenvalue weighted by Crippen LogP contribution is -2.44. The highest BCUT2D eigenvalue weighted by atomic mass is 16.5. The van der Waals surface area contributed by atoms with Crippen LogP contribution >= 0.6 is 0 Å². The topological polar surface area (TPSA) is 87.7 Å². The SMILES string of the molecule is O=C(CC1CNCCO1)NC1CCCC(C(=O)O)C1. The fourth-order valence-electron chi connectivity index (χ4n) is 2.79. The van der Waals surface area contributed by atoms with Crippen molar-refractivity contribution < 1.29 is 19.4 Å². The molecule has 2 fully saturated rings. The molecule has 0 radical (unpaired) electrons. The second kappa shape index (κ2) is 6.86. The van der Waals surface area contributed by atoms with Crippen molar-refractivity contribution in [1.82, 2.24) is 10.6 Å². The lowest BCUT2D eigenvalue weighted by atomic mass is 9.85. The molecule has 1 aliphatic carbocycles. The second-order valence-electron chi connectivity index (χ2n) is 5.37. The number of carbonyl (C=O) groups is 2. The van der Waals surface area contributed by atoms with Crippen LogP contribution < -0.4 is 10.6 Å².